The fourth-order valence-electron chi connectivity index (χ4n) is 1.83. The summed E-state index contributed by atoms with van der Waals surface area (Å²) >= 11 is 0. The van der Waals surface area contributed by atoms with Crippen LogP contribution in [0.2, 0.25) is 0 Å². The second-order valence-corrected chi connectivity index (χ2v) is 4.01. The predicted octanol–water partition coefficient (Wildman–Crippen LogP) is 3.61. The molecule has 3 rings (SSSR count). The molecule has 0 aliphatic heterocycles. The molecule has 3 aromatic rings. The second kappa shape index (κ2) is 9.23. The number of nitrogens with zero attached hydrogens (tertiary/aromatic N) is 4. The Morgan fingerprint density at radius 2 is 1.82 bits per heavy atom. The number of aromatic nitrogens is 4. The molecule has 0 unspecified atom stereocenters. The third-order valence-corrected chi connectivity index (χ3v) is 2.64. The van der Waals surface area contributed by atoms with Gasteiger partial charge in [0.15, 0.2) is 11.5 Å². The highest BCUT2D eigenvalue weighted by atomic mass is 19.1. The zero-order valence-electron chi connectivity index (χ0n) is 13.0. The first-order chi connectivity index (χ1) is 10.8. The lowest BCUT2D eigenvalue weighted by atomic mass is 10.2. The van der Waals surface area contributed by atoms with E-state index in [-0.39, 0.29) is 0 Å². The summed E-state index contributed by atoms with van der Waals surface area (Å²) in [6, 6.07) is 3.92. The highest BCUT2D eigenvalue weighted by molar-refractivity contribution is 5.70. The Kier molecular flexibility index (Phi) is 7.25. The quantitative estimate of drug-likeness (QED) is 0.735. The smallest absolute Gasteiger partial charge is 0.180 e. The molecular formula is C16H20FN5. The summed E-state index contributed by atoms with van der Waals surface area (Å²) in [4.78, 5) is 12.6. The number of rotatable bonds is 2. The lowest BCUT2D eigenvalue weighted by Crippen LogP contribution is -1.97. The van der Waals surface area contributed by atoms with Crippen molar-refractivity contribution in [2.75, 3.05) is 19.5 Å². The van der Waals surface area contributed by atoms with Crippen molar-refractivity contribution in [1.82, 2.24) is 19.4 Å². The van der Waals surface area contributed by atoms with Gasteiger partial charge >= 0.3 is 0 Å². The molecule has 0 aliphatic carbocycles. The molecule has 6 heteroatoms. The summed E-state index contributed by atoms with van der Waals surface area (Å²) in [6.45, 7) is 5.25. The van der Waals surface area contributed by atoms with E-state index in [4.69, 9.17) is 0 Å². The number of allylic oxidation sites excluding steroid dienone is 1. The average Bonchev–Trinajstić information content (AvgIpc) is 3.02. The summed E-state index contributed by atoms with van der Waals surface area (Å²) in [6.07, 6.45) is 10.8. The van der Waals surface area contributed by atoms with Gasteiger partial charge in [0.05, 0.1) is 19.1 Å². The van der Waals surface area contributed by atoms with E-state index in [0.29, 0.717) is 7.18 Å². The van der Waals surface area contributed by atoms with E-state index in [1.54, 1.807) is 24.7 Å². The van der Waals surface area contributed by atoms with Crippen LogP contribution in [0.25, 0.3) is 16.9 Å². The molecule has 0 bridgehead atoms. The molecule has 0 saturated heterocycles. The van der Waals surface area contributed by atoms with Crippen molar-refractivity contribution in [1.29, 1.82) is 0 Å². The third kappa shape index (κ3) is 3.88. The zero-order valence-corrected chi connectivity index (χ0v) is 13.0. The normalized spacial score (nSPS) is 9.09. The fraction of sp³-hybridized carbons (Fsp3) is 0.188. The van der Waals surface area contributed by atoms with E-state index in [2.05, 4.69) is 26.8 Å². The molecular weight excluding hydrogens is 281 g/mol. The van der Waals surface area contributed by atoms with Crippen LogP contribution in [0.5, 0.6) is 0 Å². The van der Waals surface area contributed by atoms with E-state index in [0.717, 1.165) is 22.7 Å². The molecule has 116 valence electrons. The minimum absolute atomic E-state index is 0.500. The number of fused-ring (bicyclic) bond motifs is 1. The lowest BCUT2D eigenvalue weighted by molar-refractivity contribution is 0.636. The van der Waals surface area contributed by atoms with Crippen LogP contribution in [0, 0.1) is 0 Å². The Morgan fingerprint density at radius 3 is 2.41 bits per heavy atom. The molecule has 22 heavy (non-hydrogen) atoms. The molecule has 0 aromatic carbocycles. The first kappa shape index (κ1) is 17.3. The van der Waals surface area contributed by atoms with Crippen LogP contribution in [-0.2, 0) is 0 Å². The summed E-state index contributed by atoms with van der Waals surface area (Å²) in [5.74, 6) is 0.771. The number of hydrogen-bond acceptors (Lipinski definition) is 4. The summed E-state index contributed by atoms with van der Waals surface area (Å²) in [5, 5.41) is 3.03. The number of pyridine rings is 1. The van der Waals surface area contributed by atoms with Gasteiger partial charge in [0.2, 0.25) is 0 Å². The van der Waals surface area contributed by atoms with Gasteiger partial charge in [-0.15, -0.1) is 6.58 Å². The van der Waals surface area contributed by atoms with E-state index in [1.807, 2.05) is 42.9 Å². The van der Waals surface area contributed by atoms with Crippen molar-refractivity contribution in [3.05, 3.63) is 55.8 Å². The Labute approximate surface area is 129 Å². The summed E-state index contributed by atoms with van der Waals surface area (Å²) in [7, 11) is 2.34. The Morgan fingerprint density at radius 1 is 1.18 bits per heavy atom. The van der Waals surface area contributed by atoms with Gasteiger partial charge in [-0.2, -0.15) is 0 Å². The van der Waals surface area contributed by atoms with Crippen molar-refractivity contribution >= 4 is 11.5 Å². The zero-order chi connectivity index (χ0) is 16.4. The standard InChI is InChI=1S/C12H11N5.C3H6.CH3F/c1-13-11-12-16-8-10(17(12)7-6-15-11)9-2-4-14-5-3-9;1-3-2;1-2/h2-8H,1H3,(H,13,15);3H,1H2,2H3;1H3. The molecule has 3 aromatic heterocycles. The van der Waals surface area contributed by atoms with Crippen molar-refractivity contribution < 1.29 is 4.39 Å². The first-order valence-corrected chi connectivity index (χ1v) is 6.67. The SMILES string of the molecule is C=CC.CF.CNc1nccn2c(-c3ccncc3)cnc12. The number of hydrogen-bond donors (Lipinski definition) is 1. The molecule has 0 saturated carbocycles. The fourth-order valence-corrected chi connectivity index (χ4v) is 1.83. The van der Waals surface area contributed by atoms with Crippen LogP contribution in [0.1, 0.15) is 6.92 Å². The second-order valence-electron chi connectivity index (χ2n) is 4.01. The van der Waals surface area contributed by atoms with Crippen LogP contribution in [-0.4, -0.2) is 33.6 Å². The van der Waals surface area contributed by atoms with E-state index in [1.165, 1.54) is 0 Å². The van der Waals surface area contributed by atoms with Gasteiger partial charge < -0.3 is 5.32 Å². The Hall–Kier alpha value is -2.76. The summed E-state index contributed by atoms with van der Waals surface area (Å²) < 4.78 is 11.5. The van der Waals surface area contributed by atoms with E-state index >= 15 is 0 Å². The van der Waals surface area contributed by atoms with Crippen molar-refractivity contribution in [3.8, 4) is 11.3 Å². The predicted molar refractivity (Wildman–Crippen MR) is 88.7 cm³/mol. The van der Waals surface area contributed by atoms with Crippen LogP contribution >= 0.6 is 0 Å². The molecule has 0 spiro atoms. The number of imidazole rings is 1. The van der Waals surface area contributed by atoms with Crippen LogP contribution in [0.15, 0.2) is 55.8 Å². The Bertz CT molecular complexity index is 694. The van der Waals surface area contributed by atoms with Gasteiger partial charge in [-0.3, -0.25) is 13.8 Å². The average molecular weight is 301 g/mol. The van der Waals surface area contributed by atoms with Gasteiger partial charge in [-0.1, -0.05) is 6.08 Å². The van der Waals surface area contributed by atoms with Gasteiger partial charge in [-0.05, 0) is 19.1 Å². The topological polar surface area (TPSA) is 55.1 Å². The Balaban J connectivity index is 0.000000435. The molecule has 0 amide bonds. The number of halogens is 1. The lowest BCUT2D eigenvalue weighted by Gasteiger charge is -2.03. The van der Waals surface area contributed by atoms with Gasteiger partial charge in [0, 0.05) is 37.4 Å². The van der Waals surface area contributed by atoms with Crippen LogP contribution < -0.4 is 5.32 Å². The van der Waals surface area contributed by atoms with Crippen LogP contribution in [0.4, 0.5) is 10.2 Å². The van der Waals surface area contributed by atoms with Gasteiger partial charge in [0.25, 0.3) is 0 Å². The molecule has 3 heterocycles. The highest BCUT2D eigenvalue weighted by Crippen LogP contribution is 2.22. The molecule has 0 aliphatic rings. The van der Waals surface area contributed by atoms with Gasteiger partial charge in [-0.25, -0.2) is 9.97 Å². The van der Waals surface area contributed by atoms with Crippen molar-refractivity contribution in [2.24, 2.45) is 0 Å². The molecule has 5 nitrogen and oxygen atoms in total. The van der Waals surface area contributed by atoms with Crippen molar-refractivity contribution in [2.45, 2.75) is 6.92 Å². The first-order valence-electron chi connectivity index (χ1n) is 6.67. The number of anilines is 1. The maximum Gasteiger partial charge on any atom is 0.180 e. The highest BCUT2D eigenvalue weighted by Gasteiger charge is 2.08. The maximum absolute atomic E-state index is 9.50. The molecule has 0 atom stereocenters. The minimum atomic E-state index is 0.500. The molecule has 1 N–H and O–H groups in total. The van der Waals surface area contributed by atoms with Crippen LogP contribution in [0.3, 0.4) is 0 Å². The summed E-state index contributed by atoms with van der Waals surface area (Å²) in [5.41, 5.74) is 2.93. The minimum Gasteiger partial charge on any atom is -0.370 e. The van der Waals surface area contributed by atoms with E-state index in [9.17, 15) is 4.39 Å². The molecule has 0 fully saturated rings. The maximum atomic E-state index is 9.50. The van der Waals surface area contributed by atoms with Gasteiger partial charge in [0.1, 0.15) is 0 Å². The molecule has 0 radical (unpaired) electrons. The monoisotopic (exact) mass is 301 g/mol. The van der Waals surface area contributed by atoms with E-state index < -0.39 is 0 Å². The van der Waals surface area contributed by atoms with Crippen molar-refractivity contribution in [3.63, 3.8) is 0 Å². The number of nitrogens with one attached hydrogen (secondary N) is 1. The number of alkyl halides is 1. The largest absolute Gasteiger partial charge is 0.370 e. The third-order valence-electron chi connectivity index (χ3n) is 2.64.